The minimum atomic E-state index is -0.374. The third-order valence-electron chi connectivity index (χ3n) is 4.05. The Morgan fingerprint density at radius 3 is 2.68 bits per heavy atom. The molecule has 1 aliphatic rings. The van der Waals surface area contributed by atoms with Crippen molar-refractivity contribution in [3.05, 3.63) is 65.5 Å². The lowest BCUT2D eigenvalue weighted by molar-refractivity contribution is -0.128. The zero-order valence-corrected chi connectivity index (χ0v) is 14.7. The highest BCUT2D eigenvalue weighted by atomic mass is 32.2. The molecule has 2 amide bonds. The zero-order chi connectivity index (χ0) is 17.8. The van der Waals surface area contributed by atoms with Crippen LogP contribution in [-0.4, -0.2) is 29.0 Å². The molecule has 1 heterocycles. The van der Waals surface area contributed by atoms with Crippen molar-refractivity contribution in [3.8, 4) is 0 Å². The van der Waals surface area contributed by atoms with Gasteiger partial charge in [0.2, 0.25) is 11.8 Å². The molecule has 0 unspecified atom stereocenters. The van der Waals surface area contributed by atoms with Gasteiger partial charge in [-0.05, 0) is 25.1 Å². The lowest BCUT2D eigenvalue weighted by atomic mass is 10.2. The summed E-state index contributed by atoms with van der Waals surface area (Å²) in [7, 11) is 0. The average Bonchev–Trinajstić information content (AvgIpc) is 2.96. The first-order valence-electron chi connectivity index (χ1n) is 8.06. The van der Waals surface area contributed by atoms with Crippen LogP contribution in [0.25, 0.3) is 0 Å². The maximum absolute atomic E-state index is 14.0. The van der Waals surface area contributed by atoms with E-state index < -0.39 is 0 Å². The van der Waals surface area contributed by atoms with Crippen LogP contribution in [0.1, 0.15) is 22.9 Å². The summed E-state index contributed by atoms with van der Waals surface area (Å²) in [5.74, 6) is -0.260. The van der Waals surface area contributed by atoms with E-state index in [-0.39, 0.29) is 36.0 Å². The van der Waals surface area contributed by atoms with Gasteiger partial charge in [-0.1, -0.05) is 35.9 Å². The van der Waals surface area contributed by atoms with Gasteiger partial charge in [0.15, 0.2) is 0 Å². The Balaban J connectivity index is 1.62. The van der Waals surface area contributed by atoms with Gasteiger partial charge >= 0.3 is 0 Å². The van der Waals surface area contributed by atoms with Gasteiger partial charge in [0.05, 0.1) is 5.75 Å². The van der Waals surface area contributed by atoms with Gasteiger partial charge < -0.3 is 10.2 Å². The molecule has 0 saturated carbocycles. The number of halogens is 1. The molecule has 1 N–H and O–H groups in total. The number of hydrogen-bond acceptors (Lipinski definition) is 3. The van der Waals surface area contributed by atoms with E-state index in [2.05, 4.69) is 5.32 Å². The maximum Gasteiger partial charge on any atom is 0.233 e. The molecule has 0 radical (unpaired) electrons. The van der Waals surface area contributed by atoms with Crippen LogP contribution in [0, 0.1) is 12.7 Å². The van der Waals surface area contributed by atoms with E-state index in [1.165, 1.54) is 17.8 Å². The summed E-state index contributed by atoms with van der Waals surface area (Å²) in [5.41, 5.74) is 2.33. The van der Waals surface area contributed by atoms with Crippen molar-refractivity contribution < 1.29 is 14.0 Å². The van der Waals surface area contributed by atoms with Gasteiger partial charge in [0, 0.05) is 24.2 Å². The SMILES string of the molecule is Cc1ccc(NC(=O)CCN2C(=O)CS[C@@H]2c2ccccc2F)cc1. The van der Waals surface area contributed by atoms with E-state index in [0.717, 1.165) is 11.3 Å². The number of hydrogen-bond donors (Lipinski definition) is 1. The molecule has 0 bridgehead atoms. The number of carbonyl (C=O) groups excluding carboxylic acids is 2. The predicted octanol–water partition coefficient (Wildman–Crippen LogP) is 3.74. The summed E-state index contributed by atoms with van der Waals surface area (Å²) in [4.78, 5) is 25.9. The summed E-state index contributed by atoms with van der Waals surface area (Å²) >= 11 is 1.39. The third kappa shape index (κ3) is 4.20. The topological polar surface area (TPSA) is 49.4 Å². The van der Waals surface area contributed by atoms with Crippen molar-refractivity contribution in [3.63, 3.8) is 0 Å². The van der Waals surface area contributed by atoms with Crippen LogP contribution in [0.2, 0.25) is 0 Å². The van der Waals surface area contributed by atoms with Crippen molar-refractivity contribution in [1.29, 1.82) is 0 Å². The first-order valence-corrected chi connectivity index (χ1v) is 9.11. The molecule has 0 aromatic heterocycles. The second-order valence-corrected chi connectivity index (χ2v) is 7.00. The molecular formula is C19H19FN2O2S. The lowest BCUT2D eigenvalue weighted by Gasteiger charge is -2.24. The van der Waals surface area contributed by atoms with Crippen molar-refractivity contribution >= 4 is 29.3 Å². The van der Waals surface area contributed by atoms with Crippen LogP contribution < -0.4 is 5.32 Å². The molecule has 2 aromatic carbocycles. The molecule has 130 valence electrons. The summed E-state index contributed by atoms with van der Waals surface area (Å²) in [5, 5.41) is 2.44. The summed E-state index contributed by atoms with van der Waals surface area (Å²) < 4.78 is 14.0. The lowest BCUT2D eigenvalue weighted by Crippen LogP contribution is -2.31. The number of nitrogens with one attached hydrogen (secondary N) is 1. The molecule has 1 aliphatic heterocycles. The fraction of sp³-hybridized carbons (Fsp3) is 0.263. The zero-order valence-electron chi connectivity index (χ0n) is 13.9. The number of rotatable bonds is 5. The van der Waals surface area contributed by atoms with Gasteiger partial charge in [-0.15, -0.1) is 11.8 Å². The number of carbonyl (C=O) groups is 2. The van der Waals surface area contributed by atoms with E-state index in [1.54, 1.807) is 23.1 Å². The molecule has 4 nitrogen and oxygen atoms in total. The molecule has 2 aromatic rings. The summed E-state index contributed by atoms with van der Waals surface area (Å²) in [6.07, 6.45) is 0.172. The molecule has 1 atom stereocenters. The molecule has 0 aliphatic carbocycles. The Labute approximate surface area is 150 Å². The molecule has 1 fully saturated rings. The van der Waals surface area contributed by atoms with E-state index in [9.17, 15) is 14.0 Å². The van der Waals surface area contributed by atoms with Crippen LogP contribution in [0.15, 0.2) is 48.5 Å². The second-order valence-electron chi connectivity index (χ2n) is 5.94. The van der Waals surface area contributed by atoms with Crippen LogP contribution in [0.4, 0.5) is 10.1 Å². The Kier molecular flexibility index (Phi) is 5.38. The first-order chi connectivity index (χ1) is 12.0. The van der Waals surface area contributed by atoms with E-state index in [1.807, 2.05) is 31.2 Å². The molecule has 3 rings (SSSR count). The number of amides is 2. The summed E-state index contributed by atoms with van der Waals surface area (Å²) in [6, 6.07) is 14.0. The maximum atomic E-state index is 14.0. The molecule has 25 heavy (non-hydrogen) atoms. The van der Waals surface area contributed by atoms with Gasteiger partial charge in [-0.2, -0.15) is 0 Å². The van der Waals surface area contributed by atoms with Crippen LogP contribution >= 0.6 is 11.8 Å². The van der Waals surface area contributed by atoms with Crippen molar-refractivity contribution in [2.24, 2.45) is 0 Å². The monoisotopic (exact) mass is 358 g/mol. The number of nitrogens with zero attached hydrogens (tertiary/aromatic N) is 1. The summed E-state index contributed by atoms with van der Waals surface area (Å²) in [6.45, 7) is 2.24. The van der Waals surface area contributed by atoms with Crippen molar-refractivity contribution in [2.75, 3.05) is 17.6 Å². The van der Waals surface area contributed by atoms with Crippen LogP contribution in [-0.2, 0) is 9.59 Å². The largest absolute Gasteiger partial charge is 0.326 e. The minimum absolute atomic E-state index is 0.0682. The fourth-order valence-corrected chi connectivity index (χ4v) is 3.95. The van der Waals surface area contributed by atoms with Crippen molar-refractivity contribution in [1.82, 2.24) is 4.90 Å². The number of benzene rings is 2. The van der Waals surface area contributed by atoms with Gasteiger partial charge in [0.25, 0.3) is 0 Å². The Morgan fingerprint density at radius 1 is 1.24 bits per heavy atom. The number of thioether (sulfide) groups is 1. The highest BCUT2D eigenvalue weighted by Gasteiger charge is 2.34. The number of aryl methyl sites for hydroxylation is 1. The standard InChI is InChI=1S/C19H19FN2O2S/c1-13-6-8-14(9-7-13)21-17(23)10-11-22-18(24)12-25-19(22)15-4-2-3-5-16(15)20/h2-9,19H,10-12H2,1H3,(H,21,23)/t19-/m1/s1. The Morgan fingerprint density at radius 2 is 1.96 bits per heavy atom. The second kappa shape index (κ2) is 7.70. The van der Waals surface area contributed by atoms with Gasteiger partial charge in [-0.25, -0.2) is 4.39 Å². The highest BCUT2D eigenvalue weighted by molar-refractivity contribution is 8.00. The molecule has 1 saturated heterocycles. The molecule has 0 spiro atoms. The van der Waals surface area contributed by atoms with Gasteiger partial charge in [-0.3, -0.25) is 9.59 Å². The smallest absolute Gasteiger partial charge is 0.233 e. The highest BCUT2D eigenvalue weighted by Crippen LogP contribution is 2.39. The molecule has 6 heteroatoms. The van der Waals surface area contributed by atoms with Crippen LogP contribution in [0.3, 0.4) is 0 Å². The van der Waals surface area contributed by atoms with Crippen molar-refractivity contribution in [2.45, 2.75) is 18.7 Å². The quantitative estimate of drug-likeness (QED) is 0.886. The number of anilines is 1. The van der Waals surface area contributed by atoms with Crippen LogP contribution in [0.5, 0.6) is 0 Å². The minimum Gasteiger partial charge on any atom is -0.326 e. The molecular weight excluding hydrogens is 339 g/mol. The predicted molar refractivity (Wildman–Crippen MR) is 97.7 cm³/mol. The van der Waals surface area contributed by atoms with Gasteiger partial charge in [0.1, 0.15) is 11.2 Å². The fourth-order valence-electron chi connectivity index (χ4n) is 2.71. The Bertz CT molecular complexity index is 779. The Hall–Kier alpha value is -2.34. The van der Waals surface area contributed by atoms with E-state index >= 15 is 0 Å². The normalized spacial score (nSPS) is 17.0. The van der Waals surface area contributed by atoms with E-state index in [0.29, 0.717) is 11.3 Å². The first kappa shape index (κ1) is 17.5. The van der Waals surface area contributed by atoms with E-state index in [4.69, 9.17) is 0 Å². The third-order valence-corrected chi connectivity index (χ3v) is 5.29. The average molecular weight is 358 g/mol.